The van der Waals surface area contributed by atoms with Crippen LogP contribution in [0.3, 0.4) is 0 Å². The van der Waals surface area contributed by atoms with Gasteiger partial charge >= 0.3 is 11.9 Å². The smallest absolute Gasteiger partial charge is 0.331 e. The molecule has 1 aromatic heterocycles. The number of pyridine rings is 1. The average Bonchev–Trinajstić information content (AvgIpc) is 3.08. The van der Waals surface area contributed by atoms with E-state index in [1.54, 1.807) is 6.92 Å². The van der Waals surface area contributed by atoms with Gasteiger partial charge in [0.15, 0.2) is 23.2 Å². The van der Waals surface area contributed by atoms with Gasteiger partial charge in [-0.1, -0.05) is 60.7 Å². The highest BCUT2D eigenvalue weighted by atomic mass is 16.7. The van der Waals surface area contributed by atoms with E-state index >= 15 is 0 Å². The molecule has 1 aliphatic rings. The van der Waals surface area contributed by atoms with Gasteiger partial charge in [-0.15, -0.1) is 0 Å². The lowest BCUT2D eigenvalue weighted by molar-refractivity contribution is -0.160. The van der Waals surface area contributed by atoms with Crippen molar-refractivity contribution >= 4 is 17.8 Å². The zero-order chi connectivity index (χ0) is 32.0. The summed E-state index contributed by atoms with van der Waals surface area (Å²) in [5, 5.41) is 2.66. The number of amides is 1. The standard InChI is InChI=1S/C34H40N2O9/c1-23-31(42-18-10-15-25-11-6-4-7-12-25)27(19-26-13-8-5-9-14-26)20-41-21-28(34(39)45-23)36-33(38)30-32(44-22-43-24(2)37)29(40-3)16-17-35-30/h4-9,11-14,16-17,23,27-28,31H,10,15,18-22H2,1-3H3,(H,36,38). The fraction of sp³-hybridized carbons (Fsp3) is 0.412. The molecule has 0 radical (unpaired) electrons. The highest BCUT2D eigenvalue weighted by Gasteiger charge is 2.36. The maximum absolute atomic E-state index is 13.4. The summed E-state index contributed by atoms with van der Waals surface area (Å²) in [4.78, 5) is 42.1. The van der Waals surface area contributed by atoms with Crippen molar-refractivity contribution in [1.29, 1.82) is 0 Å². The second-order valence-electron chi connectivity index (χ2n) is 10.7. The lowest BCUT2D eigenvalue weighted by Crippen LogP contribution is -2.46. The Morgan fingerprint density at radius 2 is 1.71 bits per heavy atom. The van der Waals surface area contributed by atoms with Crippen LogP contribution in [0, 0.1) is 5.92 Å². The molecule has 0 bridgehead atoms. The summed E-state index contributed by atoms with van der Waals surface area (Å²) in [5.74, 6) is -1.93. The van der Waals surface area contributed by atoms with Crippen LogP contribution in [0.5, 0.6) is 11.5 Å². The van der Waals surface area contributed by atoms with Crippen molar-refractivity contribution in [1.82, 2.24) is 10.3 Å². The molecule has 0 saturated carbocycles. The third kappa shape index (κ3) is 10.0. The molecule has 11 heteroatoms. The Hall–Kier alpha value is -4.48. The summed E-state index contributed by atoms with van der Waals surface area (Å²) < 4.78 is 34.0. The van der Waals surface area contributed by atoms with Crippen molar-refractivity contribution < 1.29 is 42.8 Å². The Morgan fingerprint density at radius 1 is 1.00 bits per heavy atom. The van der Waals surface area contributed by atoms with Crippen molar-refractivity contribution in [3.63, 3.8) is 0 Å². The summed E-state index contributed by atoms with van der Waals surface area (Å²) in [6.07, 6.45) is 2.61. The number of esters is 2. The van der Waals surface area contributed by atoms with E-state index in [1.807, 2.05) is 48.5 Å². The number of carbonyl (C=O) groups excluding carboxylic acids is 3. The molecule has 0 spiro atoms. The molecule has 4 rings (SSSR count). The van der Waals surface area contributed by atoms with Crippen molar-refractivity contribution in [3.8, 4) is 11.5 Å². The van der Waals surface area contributed by atoms with E-state index in [0.29, 0.717) is 13.0 Å². The minimum Gasteiger partial charge on any atom is -0.493 e. The fourth-order valence-electron chi connectivity index (χ4n) is 5.11. The van der Waals surface area contributed by atoms with E-state index in [-0.39, 0.29) is 36.3 Å². The van der Waals surface area contributed by atoms with Crippen LogP contribution in [0.1, 0.15) is 41.9 Å². The van der Waals surface area contributed by atoms with E-state index in [2.05, 4.69) is 22.4 Å². The SMILES string of the molecule is COc1ccnc(C(=O)NC2COCC(Cc3ccccc3)C(OCCCc3ccccc3)C(C)OC2=O)c1OCOC(C)=O. The number of rotatable bonds is 13. The van der Waals surface area contributed by atoms with Gasteiger partial charge < -0.3 is 33.7 Å². The number of hydrogen-bond acceptors (Lipinski definition) is 10. The number of nitrogens with zero attached hydrogens (tertiary/aromatic N) is 1. The van der Waals surface area contributed by atoms with Gasteiger partial charge in [-0.2, -0.15) is 0 Å². The number of nitrogens with one attached hydrogen (secondary N) is 1. The van der Waals surface area contributed by atoms with Crippen molar-refractivity contribution in [3.05, 3.63) is 89.7 Å². The first kappa shape index (κ1) is 33.4. The quantitative estimate of drug-likeness (QED) is 0.170. The second-order valence-corrected chi connectivity index (χ2v) is 10.7. The van der Waals surface area contributed by atoms with E-state index in [9.17, 15) is 14.4 Å². The van der Waals surface area contributed by atoms with Crippen LogP contribution in [0.15, 0.2) is 72.9 Å². The molecule has 1 fully saturated rings. The molecular formula is C34H40N2O9. The molecule has 1 saturated heterocycles. The molecule has 2 aromatic carbocycles. The van der Waals surface area contributed by atoms with Gasteiger partial charge in [0.2, 0.25) is 6.79 Å². The molecule has 3 aromatic rings. The average molecular weight is 621 g/mol. The lowest BCUT2D eigenvalue weighted by Gasteiger charge is -2.31. The molecule has 4 atom stereocenters. The van der Waals surface area contributed by atoms with Gasteiger partial charge in [0, 0.05) is 31.7 Å². The zero-order valence-corrected chi connectivity index (χ0v) is 25.8. The van der Waals surface area contributed by atoms with Crippen molar-refractivity contribution in [2.24, 2.45) is 5.92 Å². The van der Waals surface area contributed by atoms with Crippen molar-refractivity contribution in [2.45, 2.75) is 51.4 Å². The molecule has 240 valence electrons. The van der Waals surface area contributed by atoms with Gasteiger partial charge in [0.25, 0.3) is 5.91 Å². The van der Waals surface area contributed by atoms with Crippen molar-refractivity contribution in [2.75, 3.05) is 33.7 Å². The van der Waals surface area contributed by atoms with E-state index in [1.165, 1.54) is 31.9 Å². The monoisotopic (exact) mass is 620 g/mol. The number of carbonyl (C=O) groups is 3. The number of hydrogen-bond donors (Lipinski definition) is 1. The molecule has 1 N–H and O–H groups in total. The number of aromatic nitrogens is 1. The molecule has 1 aliphatic heterocycles. The number of cyclic esters (lactones) is 1. The second kappa shape index (κ2) is 17.1. The van der Waals surface area contributed by atoms with Crippen LogP contribution < -0.4 is 14.8 Å². The number of ether oxygens (including phenoxy) is 6. The van der Waals surface area contributed by atoms with E-state index in [0.717, 1.165) is 18.4 Å². The first-order valence-electron chi connectivity index (χ1n) is 14.9. The maximum Gasteiger partial charge on any atom is 0.331 e. The lowest BCUT2D eigenvalue weighted by atomic mass is 9.91. The number of benzene rings is 2. The Morgan fingerprint density at radius 3 is 2.40 bits per heavy atom. The van der Waals surface area contributed by atoms with Gasteiger partial charge in [0.05, 0.1) is 26.4 Å². The predicted octanol–water partition coefficient (Wildman–Crippen LogP) is 3.93. The third-order valence-corrected chi connectivity index (χ3v) is 7.31. The molecule has 45 heavy (non-hydrogen) atoms. The summed E-state index contributed by atoms with van der Waals surface area (Å²) >= 11 is 0. The zero-order valence-electron chi connectivity index (χ0n) is 25.8. The van der Waals surface area contributed by atoms with Crippen LogP contribution in [0.2, 0.25) is 0 Å². The van der Waals surface area contributed by atoms with Crippen LogP contribution >= 0.6 is 0 Å². The molecule has 2 heterocycles. The Labute approximate surface area is 263 Å². The van der Waals surface area contributed by atoms with Gasteiger partial charge in [-0.3, -0.25) is 9.59 Å². The number of aryl methyl sites for hydroxylation is 1. The van der Waals surface area contributed by atoms with E-state index in [4.69, 9.17) is 28.4 Å². The Balaban J connectivity index is 1.47. The summed E-state index contributed by atoms with van der Waals surface area (Å²) in [7, 11) is 1.40. The molecule has 1 amide bonds. The van der Waals surface area contributed by atoms with Gasteiger partial charge in [-0.05, 0) is 37.3 Å². The maximum atomic E-state index is 13.4. The first-order chi connectivity index (χ1) is 21.9. The van der Waals surface area contributed by atoms with Crippen LogP contribution in [0.4, 0.5) is 0 Å². The summed E-state index contributed by atoms with van der Waals surface area (Å²) in [6.45, 7) is 3.19. The Bertz CT molecular complexity index is 1390. The van der Waals surface area contributed by atoms with Crippen LogP contribution in [-0.2, 0) is 41.4 Å². The van der Waals surface area contributed by atoms with Crippen LogP contribution in [-0.4, -0.2) is 74.8 Å². The minimum absolute atomic E-state index is 0.0450. The normalized spacial score (nSPS) is 20.1. The van der Waals surface area contributed by atoms with Crippen LogP contribution in [0.25, 0.3) is 0 Å². The third-order valence-electron chi connectivity index (χ3n) is 7.31. The molecule has 4 unspecified atom stereocenters. The van der Waals surface area contributed by atoms with Gasteiger partial charge in [0.1, 0.15) is 6.10 Å². The molecule has 0 aliphatic carbocycles. The largest absolute Gasteiger partial charge is 0.493 e. The number of methoxy groups -OCH3 is 1. The first-order valence-corrected chi connectivity index (χ1v) is 14.9. The fourth-order valence-corrected chi connectivity index (χ4v) is 5.11. The highest BCUT2D eigenvalue weighted by Crippen LogP contribution is 2.30. The minimum atomic E-state index is -1.14. The Kier molecular flexibility index (Phi) is 12.7. The van der Waals surface area contributed by atoms with Gasteiger partial charge in [-0.25, -0.2) is 9.78 Å². The molecular weight excluding hydrogens is 580 g/mol. The summed E-state index contributed by atoms with van der Waals surface area (Å²) in [6, 6.07) is 20.5. The molecule has 11 nitrogen and oxygen atoms in total. The topological polar surface area (TPSA) is 132 Å². The summed E-state index contributed by atoms with van der Waals surface area (Å²) in [5.41, 5.74) is 2.17. The predicted molar refractivity (Wildman–Crippen MR) is 164 cm³/mol. The highest BCUT2D eigenvalue weighted by molar-refractivity contribution is 5.98. The van der Waals surface area contributed by atoms with E-state index < -0.39 is 42.9 Å².